The summed E-state index contributed by atoms with van der Waals surface area (Å²) in [4.78, 5) is 11.4. The molecule has 5 nitrogen and oxygen atoms in total. The van der Waals surface area contributed by atoms with E-state index in [1.165, 1.54) is 7.11 Å². The predicted octanol–water partition coefficient (Wildman–Crippen LogP) is 1.53. The molecule has 0 saturated carbocycles. The van der Waals surface area contributed by atoms with Crippen LogP contribution in [0.15, 0.2) is 24.3 Å². The fraction of sp³-hybridized carbons (Fsp3) is 0.333. The van der Waals surface area contributed by atoms with Crippen LogP contribution in [-0.2, 0) is 9.53 Å². The highest BCUT2D eigenvalue weighted by Crippen LogP contribution is 2.26. The molecule has 0 bridgehead atoms. The topological polar surface area (TPSA) is 68.6 Å². The summed E-state index contributed by atoms with van der Waals surface area (Å²) in [6.45, 7) is 1.86. The molecule has 0 amide bonds. The lowest BCUT2D eigenvalue weighted by Crippen LogP contribution is -2.27. The molecule has 0 aliphatic carbocycles. The van der Waals surface area contributed by atoms with E-state index in [9.17, 15) is 4.79 Å². The van der Waals surface area contributed by atoms with Crippen molar-refractivity contribution in [2.24, 2.45) is 0 Å². The highest BCUT2D eigenvalue weighted by molar-refractivity contribution is 5.78. The number of esters is 1. The van der Waals surface area contributed by atoms with E-state index in [1.807, 2.05) is 0 Å². The number of hydrogen-bond donors (Lipinski definition) is 0. The third kappa shape index (κ3) is 3.38. The van der Waals surface area contributed by atoms with E-state index in [2.05, 4.69) is 0 Å². The second kappa shape index (κ2) is 6.38. The molecule has 0 saturated heterocycles. The van der Waals surface area contributed by atoms with Gasteiger partial charge in [-0.2, -0.15) is 5.26 Å². The molecule has 1 unspecified atom stereocenters. The van der Waals surface area contributed by atoms with Crippen LogP contribution in [0.25, 0.3) is 0 Å². The van der Waals surface area contributed by atoms with E-state index in [0.29, 0.717) is 11.5 Å². The summed E-state index contributed by atoms with van der Waals surface area (Å²) >= 11 is 0. The Morgan fingerprint density at radius 2 is 2.06 bits per heavy atom. The predicted molar refractivity (Wildman–Crippen MR) is 59.7 cm³/mol. The van der Waals surface area contributed by atoms with Crippen molar-refractivity contribution in [1.82, 2.24) is 0 Å². The maximum absolute atomic E-state index is 11.4. The van der Waals surface area contributed by atoms with Crippen LogP contribution in [0.3, 0.4) is 0 Å². The smallest absolute Gasteiger partial charge is 0.362 e. The number of nitrogens with zero attached hydrogens (tertiary/aromatic N) is 1. The second-order valence-electron chi connectivity index (χ2n) is 3.03. The van der Waals surface area contributed by atoms with Gasteiger partial charge in [0.2, 0.25) is 0 Å². The minimum absolute atomic E-state index is 0.201. The molecule has 0 radical (unpaired) electrons. The molecule has 0 heterocycles. The summed E-state index contributed by atoms with van der Waals surface area (Å²) in [6.07, 6.45) is -1.29. The van der Waals surface area contributed by atoms with Crippen LogP contribution >= 0.6 is 0 Å². The first-order valence-corrected chi connectivity index (χ1v) is 5.08. The number of ether oxygens (including phenoxy) is 3. The van der Waals surface area contributed by atoms with Gasteiger partial charge >= 0.3 is 5.97 Å². The van der Waals surface area contributed by atoms with E-state index >= 15 is 0 Å². The van der Waals surface area contributed by atoms with Crippen LogP contribution in [0, 0.1) is 11.3 Å². The Balaban J connectivity index is 2.81. The maximum atomic E-state index is 11.4. The van der Waals surface area contributed by atoms with Crippen molar-refractivity contribution in [2.75, 3.05) is 13.7 Å². The van der Waals surface area contributed by atoms with Crippen molar-refractivity contribution in [3.63, 3.8) is 0 Å². The van der Waals surface area contributed by atoms with E-state index in [-0.39, 0.29) is 6.61 Å². The van der Waals surface area contributed by atoms with Crippen molar-refractivity contribution in [3.05, 3.63) is 24.3 Å². The highest BCUT2D eigenvalue weighted by Gasteiger charge is 2.22. The van der Waals surface area contributed by atoms with E-state index in [1.54, 1.807) is 37.3 Å². The highest BCUT2D eigenvalue weighted by atomic mass is 16.6. The monoisotopic (exact) mass is 235 g/mol. The van der Waals surface area contributed by atoms with Gasteiger partial charge in [0.05, 0.1) is 13.7 Å². The van der Waals surface area contributed by atoms with Crippen LogP contribution in [0.5, 0.6) is 11.5 Å². The Morgan fingerprint density at radius 1 is 1.41 bits per heavy atom. The summed E-state index contributed by atoms with van der Waals surface area (Å²) < 4.78 is 15.0. The summed E-state index contributed by atoms with van der Waals surface area (Å²) in [5.74, 6) is 0.0764. The zero-order valence-electron chi connectivity index (χ0n) is 9.67. The van der Waals surface area contributed by atoms with Crippen molar-refractivity contribution in [2.45, 2.75) is 13.0 Å². The SMILES string of the molecule is CCOC(=O)C(C#N)Oc1ccccc1OC. The Labute approximate surface area is 99.5 Å². The van der Waals surface area contributed by atoms with Gasteiger partial charge in [-0.15, -0.1) is 0 Å². The third-order valence-corrected chi connectivity index (χ3v) is 1.93. The number of carbonyl (C=O) groups excluding carboxylic acids is 1. The van der Waals surface area contributed by atoms with Crippen LogP contribution in [-0.4, -0.2) is 25.8 Å². The van der Waals surface area contributed by atoms with Crippen LogP contribution in [0.1, 0.15) is 6.92 Å². The molecule has 0 aromatic heterocycles. The summed E-state index contributed by atoms with van der Waals surface area (Å²) in [5.41, 5.74) is 0. The van der Waals surface area contributed by atoms with Gasteiger partial charge in [-0.05, 0) is 19.1 Å². The first-order valence-electron chi connectivity index (χ1n) is 5.08. The van der Waals surface area contributed by atoms with Crippen LogP contribution < -0.4 is 9.47 Å². The third-order valence-electron chi connectivity index (χ3n) is 1.93. The Kier molecular flexibility index (Phi) is 4.82. The Hall–Kier alpha value is -2.22. The maximum Gasteiger partial charge on any atom is 0.362 e. The van der Waals surface area contributed by atoms with Crippen LogP contribution in [0.2, 0.25) is 0 Å². The fourth-order valence-corrected chi connectivity index (χ4v) is 1.19. The zero-order chi connectivity index (χ0) is 12.7. The number of benzene rings is 1. The zero-order valence-corrected chi connectivity index (χ0v) is 9.67. The molecule has 1 aromatic rings. The van der Waals surface area contributed by atoms with Crippen molar-refractivity contribution < 1.29 is 19.0 Å². The van der Waals surface area contributed by atoms with Gasteiger partial charge in [-0.3, -0.25) is 0 Å². The molecule has 90 valence electrons. The summed E-state index contributed by atoms with van der Waals surface area (Å²) in [7, 11) is 1.48. The number of hydrogen-bond acceptors (Lipinski definition) is 5. The van der Waals surface area contributed by atoms with Gasteiger partial charge in [0.1, 0.15) is 6.07 Å². The molecule has 1 aromatic carbocycles. The molecule has 1 rings (SSSR count). The average molecular weight is 235 g/mol. The van der Waals surface area contributed by atoms with Gasteiger partial charge in [0, 0.05) is 0 Å². The molecule has 0 N–H and O–H groups in total. The molecule has 5 heteroatoms. The Bertz CT molecular complexity index is 425. The number of carbonyl (C=O) groups is 1. The first-order chi connectivity index (χ1) is 8.22. The summed E-state index contributed by atoms with van der Waals surface area (Å²) in [6, 6.07) is 8.50. The van der Waals surface area contributed by atoms with Gasteiger partial charge < -0.3 is 14.2 Å². The quantitative estimate of drug-likeness (QED) is 0.724. The molecule has 17 heavy (non-hydrogen) atoms. The molecule has 0 aliphatic rings. The molecular formula is C12H13NO4. The van der Waals surface area contributed by atoms with Gasteiger partial charge in [-0.25, -0.2) is 4.79 Å². The van der Waals surface area contributed by atoms with Gasteiger partial charge in [0.25, 0.3) is 6.10 Å². The van der Waals surface area contributed by atoms with E-state index < -0.39 is 12.1 Å². The molecule has 0 spiro atoms. The molecule has 1 atom stereocenters. The molecular weight excluding hydrogens is 222 g/mol. The minimum atomic E-state index is -1.29. The number of para-hydroxylation sites is 2. The van der Waals surface area contributed by atoms with E-state index in [0.717, 1.165) is 0 Å². The second-order valence-corrected chi connectivity index (χ2v) is 3.03. The van der Waals surface area contributed by atoms with Gasteiger partial charge in [0.15, 0.2) is 11.5 Å². The lowest BCUT2D eigenvalue weighted by atomic mass is 10.3. The lowest BCUT2D eigenvalue weighted by molar-refractivity contribution is -0.148. The van der Waals surface area contributed by atoms with E-state index in [4.69, 9.17) is 19.5 Å². The summed E-state index contributed by atoms with van der Waals surface area (Å²) in [5, 5.41) is 8.83. The van der Waals surface area contributed by atoms with Gasteiger partial charge in [-0.1, -0.05) is 12.1 Å². The molecule has 0 aliphatic heterocycles. The first kappa shape index (κ1) is 12.8. The van der Waals surface area contributed by atoms with Crippen molar-refractivity contribution in [3.8, 4) is 17.6 Å². The van der Waals surface area contributed by atoms with Crippen molar-refractivity contribution >= 4 is 5.97 Å². The minimum Gasteiger partial charge on any atom is -0.493 e. The molecule has 0 fully saturated rings. The van der Waals surface area contributed by atoms with Crippen molar-refractivity contribution in [1.29, 1.82) is 5.26 Å². The number of rotatable bonds is 5. The lowest BCUT2D eigenvalue weighted by Gasteiger charge is -2.13. The number of methoxy groups -OCH3 is 1. The fourth-order valence-electron chi connectivity index (χ4n) is 1.19. The average Bonchev–Trinajstić information content (AvgIpc) is 2.36. The largest absolute Gasteiger partial charge is 0.493 e. The number of nitriles is 1. The van der Waals surface area contributed by atoms with Crippen LogP contribution in [0.4, 0.5) is 0 Å². The standard InChI is InChI=1S/C12H13NO4/c1-3-16-12(14)11(8-13)17-10-7-5-4-6-9(10)15-2/h4-7,11H,3H2,1-2H3. The Morgan fingerprint density at radius 3 is 2.59 bits per heavy atom. The normalized spacial score (nSPS) is 11.1.